The second-order valence-electron chi connectivity index (χ2n) is 2.79. The molecule has 74 valence electrons. The average molecular weight is 202 g/mol. The van der Waals surface area contributed by atoms with E-state index >= 15 is 0 Å². The van der Waals surface area contributed by atoms with Gasteiger partial charge in [0.05, 0.1) is 5.38 Å². The predicted octanol–water partition coefficient (Wildman–Crippen LogP) is 3.13. The number of halogens is 1. The van der Waals surface area contributed by atoms with Gasteiger partial charge in [0.25, 0.3) is 0 Å². The van der Waals surface area contributed by atoms with E-state index in [2.05, 4.69) is 6.58 Å². The van der Waals surface area contributed by atoms with E-state index in [1.807, 2.05) is 19.1 Å². The van der Waals surface area contributed by atoms with Crippen LogP contribution in [0.15, 0.2) is 24.8 Å². The largest absolute Gasteiger partial charge is 0.477 e. The second kappa shape index (κ2) is 6.72. The summed E-state index contributed by atoms with van der Waals surface area (Å²) < 4.78 is 5.13. The topological polar surface area (TPSA) is 33.1 Å². The van der Waals surface area contributed by atoms with Crippen molar-refractivity contribution in [3.63, 3.8) is 0 Å². The van der Waals surface area contributed by atoms with Crippen molar-refractivity contribution in [2.24, 2.45) is 0 Å². The first-order valence-electron chi connectivity index (χ1n) is 4.21. The summed E-state index contributed by atoms with van der Waals surface area (Å²) in [5, 5.41) is 7.02. The van der Waals surface area contributed by atoms with E-state index < -0.39 is 0 Å². The molecule has 13 heavy (non-hydrogen) atoms. The highest BCUT2D eigenvalue weighted by Gasteiger charge is 2.14. The van der Waals surface area contributed by atoms with Gasteiger partial charge in [-0.3, -0.25) is 5.41 Å². The molecule has 2 nitrogen and oxygen atoms in total. The molecule has 0 fully saturated rings. The van der Waals surface area contributed by atoms with E-state index in [1.165, 1.54) is 0 Å². The first kappa shape index (κ1) is 12.2. The van der Waals surface area contributed by atoms with Gasteiger partial charge < -0.3 is 4.74 Å². The maximum absolute atomic E-state index is 7.12. The number of rotatable bonds is 5. The van der Waals surface area contributed by atoms with Crippen LogP contribution in [0.3, 0.4) is 0 Å². The molecule has 0 amide bonds. The molecule has 0 aromatic rings. The second-order valence-corrected chi connectivity index (χ2v) is 3.36. The van der Waals surface area contributed by atoms with Gasteiger partial charge in [-0.25, -0.2) is 0 Å². The number of ether oxygens (including phenoxy) is 1. The highest BCUT2D eigenvalue weighted by molar-refractivity contribution is 6.21. The Kier molecular flexibility index (Phi) is 6.33. The van der Waals surface area contributed by atoms with E-state index in [0.29, 0.717) is 0 Å². The molecule has 0 aromatic carbocycles. The summed E-state index contributed by atoms with van der Waals surface area (Å²) >= 11 is 6.00. The van der Waals surface area contributed by atoms with Gasteiger partial charge in [-0.15, -0.1) is 11.6 Å². The first-order valence-corrected chi connectivity index (χ1v) is 4.65. The normalized spacial score (nSPS) is 15.3. The van der Waals surface area contributed by atoms with Crippen LogP contribution < -0.4 is 0 Å². The Morgan fingerprint density at radius 1 is 1.69 bits per heavy atom. The third-order valence-electron chi connectivity index (χ3n) is 1.51. The molecular formula is C10H16ClNO. The molecule has 2 atom stereocenters. The molecule has 0 rings (SSSR count). The SMILES string of the molecule is C=C/C=C\C[C@@H](Cl)C(C)OC(C)=N. The fraction of sp³-hybridized carbons (Fsp3) is 0.500. The molecule has 0 aliphatic rings. The summed E-state index contributed by atoms with van der Waals surface area (Å²) in [5.74, 6) is 0.200. The molecule has 0 bridgehead atoms. The Balaban J connectivity index is 3.81. The lowest BCUT2D eigenvalue weighted by atomic mass is 10.2. The number of hydrogen-bond donors (Lipinski definition) is 1. The minimum absolute atomic E-state index is 0.100. The van der Waals surface area contributed by atoms with Crippen LogP contribution in [-0.2, 0) is 4.74 Å². The molecule has 0 saturated carbocycles. The summed E-state index contributed by atoms with van der Waals surface area (Å²) in [7, 11) is 0. The van der Waals surface area contributed by atoms with Crippen molar-refractivity contribution in [2.45, 2.75) is 31.7 Å². The Morgan fingerprint density at radius 2 is 2.31 bits per heavy atom. The van der Waals surface area contributed by atoms with Gasteiger partial charge in [0, 0.05) is 6.92 Å². The molecule has 1 unspecified atom stereocenters. The number of hydrogen-bond acceptors (Lipinski definition) is 2. The summed E-state index contributed by atoms with van der Waals surface area (Å²) in [6.45, 7) is 7.01. The van der Waals surface area contributed by atoms with Gasteiger partial charge in [0.2, 0.25) is 0 Å². The maximum atomic E-state index is 7.12. The van der Waals surface area contributed by atoms with E-state index in [0.717, 1.165) is 6.42 Å². The van der Waals surface area contributed by atoms with Crippen molar-refractivity contribution in [3.05, 3.63) is 24.8 Å². The van der Waals surface area contributed by atoms with E-state index in [-0.39, 0.29) is 17.4 Å². The van der Waals surface area contributed by atoms with Crippen LogP contribution in [0.25, 0.3) is 0 Å². The predicted molar refractivity (Wildman–Crippen MR) is 57.5 cm³/mol. The first-order chi connectivity index (χ1) is 6.07. The molecular weight excluding hydrogens is 186 g/mol. The lowest BCUT2D eigenvalue weighted by Crippen LogP contribution is -2.22. The van der Waals surface area contributed by atoms with Crippen LogP contribution in [-0.4, -0.2) is 17.4 Å². The van der Waals surface area contributed by atoms with Crippen LogP contribution in [0.4, 0.5) is 0 Å². The summed E-state index contributed by atoms with van der Waals surface area (Å²) in [5.41, 5.74) is 0. The minimum atomic E-state index is -0.131. The van der Waals surface area contributed by atoms with Crippen molar-refractivity contribution in [1.29, 1.82) is 5.41 Å². The van der Waals surface area contributed by atoms with Crippen molar-refractivity contribution in [1.82, 2.24) is 0 Å². The minimum Gasteiger partial charge on any atom is -0.477 e. The quantitative estimate of drug-likeness (QED) is 0.315. The third kappa shape index (κ3) is 6.41. The van der Waals surface area contributed by atoms with Crippen LogP contribution in [0.1, 0.15) is 20.3 Å². The smallest absolute Gasteiger partial charge is 0.177 e. The molecule has 3 heteroatoms. The van der Waals surface area contributed by atoms with Crippen molar-refractivity contribution in [2.75, 3.05) is 0 Å². The van der Waals surface area contributed by atoms with E-state index in [4.69, 9.17) is 21.7 Å². The van der Waals surface area contributed by atoms with Gasteiger partial charge >= 0.3 is 0 Å². The number of alkyl halides is 1. The van der Waals surface area contributed by atoms with E-state index in [9.17, 15) is 0 Å². The van der Waals surface area contributed by atoms with Crippen LogP contribution in [0.5, 0.6) is 0 Å². The zero-order valence-corrected chi connectivity index (χ0v) is 8.84. The lowest BCUT2D eigenvalue weighted by Gasteiger charge is -2.17. The van der Waals surface area contributed by atoms with Crippen LogP contribution in [0, 0.1) is 5.41 Å². The number of allylic oxidation sites excluding steroid dienone is 3. The van der Waals surface area contributed by atoms with Gasteiger partial charge in [-0.1, -0.05) is 24.8 Å². The number of nitrogens with one attached hydrogen (secondary N) is 1. The monoisotopic (exact) mass is 201 g/mol. The van der Waals surface area contributed by atoms with Gasteiger partial charge in [0.15, 0.2) is 5.90 Å². The maximum Gasteiger partial charge on any atom is 0.177 e. The molecule has 0 heterocycles. The van der Waals surface area contributed by atoms with Gasteiger partial charge in [-0.2, -0.15) is 0 Å². The highest BCUT2D eigenvalue weighted by atomic mass is 35.5. The summed E-state index contributed by atoms with van der Waals surface area (Å²) in [4.78, 5) is 0. The zero-order valence-electron chi connectivity index (χ0n) is 8.09. The summed E-state index contributed by atoms with van der Waals surface area (Å²) in [6.07, 6.45) is 6.08. The molecule has 0 aliphatic heterocycles. The highest BCUT2D eigenvalue weighted by Crippen LogP contribution is 2.11. The molecule has 0 aliphatic carbocycles. The Hall–Kier alpha value is -0.760. The fourth-order valence-electron chi connectivity index (χ4n) is 0.849. The molecule has 0 radical (unpaired) electrons. The van der Waals surface area contributed by atoms with Crippen molar-refractivity contribution < 1.29 is 4.74 Å². The molecule has 0 aromatic heterocycles. The third-order valence-corrected chi connectivity index (χ3v) is 2.04. The molecule has 0 spiro atoms. The van der Waals surface area contributed by atoms with Crippen LogP contribution >= 0.6 is 11.6 Å². The Morgan fingerprint density at radius 3 is 2.77 bits per heavy atom. The summed E-state index contributed by atoms with van der Waals surface area (Å²) in [6, 6.07) is 0. The van der Waals surface area contributed by atoms with Crippen LogP contribution in [0.2, 0.25) is 0 Å². The molecule has 0 saturated heterocycles. The van der Waals surface area contributed by atoms with E-state index in [1.54, 1.807) is 13.0 Å². The zero-order chi connectivity index (χ0) is 10.3. The molecule has 1 N–H and O–H groups in total. The fourth-order valence-corrected chi connectivity index (χ4v) is 1.00. The van der Waals surface area contributed by atoms with Gasteiger partial charge in [0.1, 0.15) is 6.10 Å². The standard InChI is InChI=1S/C10H16ClNO/c1-4-5-6-7-10(11)8(2)13-9(3)12/h4-6,8,10,12H,1,7H2,2-3H3/b6-5-,12-9?/t8?,10-/m1/s1. The Labute approximate surface area is 84.7 Å². The van der Waals surface area contributed by atoms with Gasteiger partial charge in [-0.05, 0) is 13.3 Å². The van der Waals surface area contributed by atoms with Crippen molar-refractivity contribution >= 4 is 17.5 Å². The van der Waals surface area contributed by atoms with Crippen molar-refractivity contribution in [3.8, 4) is 0 Å². The Bertz CT molecular complexity index is 201. The lowest BCUT2D eigenvalue weighted by molar-refractivity contribution is 0.198. The average Bonchev–Trinajstić information content (AvgIpc) is 2.03.